The Balaban J connectivity index is 2.27. The Hall–Kier alpha value is -2.21. The monoisotopic (exact) mass is 332 g/mol. The van der Waals surface area contributed by atoms with Gasteiger partial charge in [-0.2, -0.15) is 5.10 Å². The van der Waals surface area contributed by atoms with Crippen LogP contribution in [0.5, 0.6) is 0 Å². The van der Waals surface area contributed by atoms with Gasteiger partial charge < -0.3 is 5.73 Å². The normalized spacial score (nSPS) is 10.7. The van der Waals surface area contributed by atoms with Crippen molar-refractivity contribution in [1.29, 1.82) is 0 Å². The third kappa shape index (κ3) is 2.08. The molecule has 20 heavy (non-hydrogen) atoms. The van der Waals surface area contributed by atoms with Gasteiger partial charge in [-0.15, -0.1) is 0 Å². The van der Waals surface area contributed by atoms with Crippen LogP contribution in [0.3, 0.4) is 0 Å². The first-order valence-corrected chi connectivity index (χ1v) is 6.66. The Labute approximate surface area is 123 Å². The number of aromatic amines is 1. The van der Waals surface area contributed by atoms with Crippen LogP contribution in [0.2, 0.25) is 0 Å². The summed E-state index contributed by atoms with van der Waals surface area (Å²) in [4.78, 5) is 3.97. The Bertz CT molecular complexity index is 735. The number of nitrogen functional groups attached to an aromatic ring is 1. The number of H-pyrrole nitrogens is 1. The van der Waals surface area contributed by atoms with Gasteiger partial charge >= 0.3 is 0 Å². The van der Waals surface area contributed by atoms with Crippen molar-refractivity contribution in [1.82, 2.24) is 15.2 Å². The first kappa shape index (κ1) is 12.8. The highest BCUT2D eigenvalue weighted by Crippen LogP contribution is 2.38. The van der Waals surface area contributed by atoms with E-state index in [-0.39, 0.29) is 5.82 Å². The molecule has 100 valence electrons. The van der Waals surface area contributed by atoms with Gasteiger partial charge in [0.1, 0.15) is 5.82 Å². The second kappa shape index (κ2) is 5.05. The summed E-state index contributed by atoms with van der Waals surface area (Å²) in [7, 11) is 0. The van der Waals surface area contributed by atoms with Crippen molar-refractivity contribution < 1.29 is 4.39 Å². The van der Waals surface area contributed by atoms with Gasteiger partial charge in [0.05, 0.1) is 16.8 Å². The van der Waals surface area contributed by atoms with Crippen molar-refractivity contribution in [3.05, 3.63) is 53.0 Å². The summed E-state index contributed by atoms with van der Waals surface area (Å²) in [6, 6.07) is 8.41. The number of nitrogens with one attached hydrogen (secondary N) is 1. The molecule has 0 radical (unpaired) electrons. The first-order valence-electron chi connectivity index (χ1n) is 5.87. The molecule has 0 fully saturated rings. The summed E-state index contributed by atoms with van der Waals surface area (Å²) in [5, 5.41) is 6.80. The van der Waals surface area contributed by atoms with Gasteiger partial charge in [0.25, 0.3) is 0 Å². The molecule has 0 unspecified atom stereocenters. The Morgan fingerprint density at radius 1 is 1.10 bits per heavy atom. The highest BCUT2D eigenvalue weighted by atomic mass is 79.9. The van der Waals surface area contributed by atoms with Crippen LogP contribution in [0.1, 0.15) is 0 Å². The molecule has 0 spiro atoms. The van der Waals surface area contributed by atoms with Crippen LogP contribution in [0.15, 0.2) is 47.2 Å². The summed E-state index contributed by atoms with van der Waals surface area (Å²) in [5.74, 6) is -0.0281. The molecule has 0 aliphatic rings. The molecule has 1 aromatic carbocycles. The number of hydrogen-bond donors (Lipinski definition) is 2. The second-order valence-electron chi connectivity index (χ2n) is 4.19. The topological polar surface area (TPSA) is 67.6 Å². The third-order valence-electron chi connectivity index (χ3n) is 2.98. The predicted octanol–water partition coefficient (Wildman–Crippen LogP) is 3.62. The quantitative estimate of drug-likeness (QED) is 0.753. The lowest BCUT2D eigenvalue weighted by molar-refractivity contribution is 0.630. The number of anilines is 1. The van der Waals surface area contributed by atoms with E-state index in [1.165, 1.54) is 6.07 Å². The zero-order valence-electron chi connectivity index (χ0n) is 10.3. The lowest BCUT2D eigenvalue weighted by Gasteiger charge is -2.07. The molecular weight excluding hydrogens is 323 g/mol. The number of pyridine rings is 1. The van der Waals surface area contributed by atoms with Crippen LogP contribution in [0.25, 0.3) is 22.4 Å². The van der Waals surface area contributed by atoms with E-state index >= 15 is 0 Å². The maximum atomic E-state index is 14.1. The van der Waals surface area contributed by atoms with E-state index in [0.717, 1.165) is 5.56 Å². The average Bonchev–Trinajstić information content (AvgIpc) is 2.81. The molecule has 6 heteroatoms. The van der Waals surface area contributed by atoms with Crippen molar-refractivity contribution in [2.45, 2.75) is 0 Å². The van der Waals surface area contributed by atoms with Gasteiger partial charge in [0.2, 0.25) is 0 Å². The van der Waals surface area contributed by atoms with Gasteiger partial charge in [-0.1, -0.05) is 6.07 Å². The molecule has 0 saturated heterocycles. The average molecular weight is 333 g/mol. The third-order valence-corrected chi connectivity index (χ3v) is 3.64. The zero-order chi connectivity index (χ0) is 14.1. The molecule has 0 aliphatic carbocycles. The minimum absolute atomic E-state index is 0.321. The lowest BCUT2D eigenvalue weighted by Crippen LogP contribution is -1.91. The fourth-order valence-electron chi connectivity index (χ4n) is 2.08. The van der Waals surface area contributed by atoms with E-state index in [1.54, 1.807) is 36.7 Å². The van der Waals surface area contributed by atoms with Crippen LogP contribution in [-0.2, 0) is 0 Å². The number of halogens is 2. The maximum Gasteiger partial charge on any atom is 0.153 e. The van der Waals surface area contributed by atoms with Crippen LogP contribution < -0.4 is 5.73 Å². The van der Waals surface area contributed by atoms with Crippen LogP contribution >= 0.6 is 15.9 Å². The van der Waals surface area contributed by atoms with E-state index in [1.807, 2.05) is 0 Å². The summed E-state index contributed by atoms with van der Waals surface area (Å²) >= 11 is 3.36. The van der Waals surface area contributed by atoms with Gasteiger partial charge in [0.15, 0.2) is 5.82 Å². The van der Waals surface area contributed by atoms with Gasteiger partial charge in [-0.3, -0.25) is 10.1 Å². The molecule has 3 rings (SSSR count). The maximum absolute atomic E-state index is 14.1. The number of nitrogens with zero attached hydrogens (tertiary/aromatic N) is 2. The van der Waals surface area contributed by atoms with E-state index in [2.05, 4.69) is 31.1 Å². The molecule has 0 aliphatic heterocycles. The number of nitrogens with two attached hydrogens (primary N) is 1. The number of hydrogen-bond acceptors (Lipinski definition) is 3. The highest BCUT2D eigenvalue weighted by molar-refractivity contribution is 9.10. The van der Waals surface area contributed by atoms with Gasteiger partial charge in [0, 0.05) is 16.9 Å². The highest BCUT2D eigenvalue weighted by Gasteiger charge is 2.19. The molecule has 4 nitrogen and oxygen atoms in total. The number of benzene rings is 1. The van der Waals surface area contributed by atoms with E-state index in [0.29, 0.717) is 27.1 Å². The Morgan fingerprint density at radius 2 is 1.85 bits per heavy atom. The minimum Gasteiger partial charge on any atom is -0.382 e. The second-order valence-corrected chi connectivity index (χ2v) is 5.05. The zero-order valence-corrected chi connectivity index (χ0v) is 11.9. The summed E-state index contributed by atoms with van der Waals surface area (Å²) < 4.78 is 14.7. The van der Waals surface area contributed by atoms with Crippen LogP contribution in [0.4, 0.5) is 10.2 Å². The van der Waals surface area contributed by atoms with Crippen molar-refractivity contribution >= 4 is 21.7 Å². The van der Waals surface area contributed by atoms with Gasteiger partial charge in [-0.25, -0.2) is 4.39 Å². The standard InChI is InChI=1S/C14H10BrFN4/c15-9-2-1-3-10(16)12(9)13-11(14(17)20-19-13)8-4-6-18-7-5-8/h1-7H,(H3,17,19,20). The molecule has 0 amide bonds. The van der Waals surface area contributed by atoms with E-state index in [9.17, 15) is 4.39 Å². The van der Waals surface area contributed by atoms with Crippen LogP contribution in [0, 0.1) is 5.82 Å². The summed E-state index contributed by atoms with van der Waals surface area (Å²) in [5.41, 5.74) is 8.35. The number of aromatic nitrogens is 3. The SMILES string of the molecule is Nc1n[nH]c(-c2c(F)cccc2Br)c1-c1ccncc1. The predicted molar refractivity (Wildman–Crippen MR) is 79.3 cm³/mol. The van der Waals surface area contributed by atoms with Gasteiger partial charge in [-0.05, 0) is 45.8 Å². The van der Waals surface area contributed by atoms with Crippen molar-refractivity contribution in [3.8, 4) is 22.4 Å². The largest absolute Gasteiger partial charge is 0.382 e. The molecule has 2 heterocycles. The molecule has 2 aromatic heterocycles. The van der Waals surface area contributed by atoms with Crippen LogP contribution in [-0.4, -0.2) is 15.2 Å². The fraction of sp³-hybridized carbons (Fsp3) is 0. The smallest absolute Gasteiger partial charge is 0.153 e. The van der Waals surface area contributed by atoms with Crippen molar-refractivity contribution in [2.75, 3.05) is 5.73 Å². The fourth-order valence-corrected chi connectivity index (χ4v) is 2.62. The molecular formula is C14H10BrFN4. The molecule has 3 aromatic rings. The molecule has 0 atom stereocenters. The molecule has 0 saturated carbocycles. The Kier molecular flexibility index (Phi) is 3.23. The first-order chi connectivity index (χ1) is 9.68. The Morgan fingerprint density at radius 3 is 2.55 bits per heavy atom. The number of rotatable bonds is 2. The van der Waals surface area contributed by atoms with E-state index < -0.39 is 0 Å². The lowest BCUT2D eigenvalue weighted by atomic mass is 10.0. The van der Waals surface area contributed by atoms with Crippen molar-refractivity contribution in [3.63, 3.8) is 0 Å². The van der Waals surface area contributed by atoms with Crippen molar-refractivity contribution in [2.24, 2.45) is 0 Å². The van der Waals surface area contributed by atoms with E-state index in [4.69, 9.17) is 5.73 Å². The summed E-state index contributed by atoms with van der Waals surface area (Å²) in [6.45, 7) is 0. The molecule has 3 N–H and O–H groups in total. The minimum atomic E-state index is -0.349. The summed E-state index contributed by atoms with van der Waals surface area (Å²) in [6.07, 6.45) is 3.31. The molecule has 0 bridgehead atoms.